The number of carbonyl (C=O) groups is 1. The summed E-state index contributed by atoms with van der Waals surface area (Å²) in [6, 6.07) is 7.80. The van der Waals surface area contributed by atoms with Crippen molar-refractivity contribution in [3.8, 4) is 10.4 Å². The predicted molar refractivity (Wildman–Crippen MR) is 72.4 cm³/mol. The fraction of sp³-hybridized carbons (Fsp3) is 0.154. The van der Waals surface area contributed by atoms with E-state index in [1.165, 1.54) is 23.5 Å². The molecule has 0 saturated carbocycles. The van der Waals surface area contributed by atoms with E-state index in [9.17, 15) is 14.9 Å². The first-order valence-electron chi connectivity index (χ1n) is 5.63. The lowest BCUT2D eigenvalue weighted by atomic mass is 10.1. The maximum Gasteiger partial charge on any atom is 0.339 e. The molecule has 1 heterocycles. The quantitative estimate of drug-likeness (QED) is 0.487. The van der Waals surface area contributed by atoms with Crippen LogP contribution in [-0.4, -0.2) is 17.5 Å². The first kappa shape index (κ1) is 13.2. The van der Waals surface area contributed by atoms with Crippen LogP contribution in [0.1, 0.15) is 17.3 Å². The van der Waals surface area contributed by atoms with Crippen LogP contribution in [0.2, 0.25) is 0 Å². The van der Waals surface area contributed by atoms with Crippen molar-refractivity contribution < 1.29 is 14.5 Å². The third kappa shape index (κ3) is 2.79. The van der Waals surface area contributed by atoms with Gasteiger partial charge in [-0.05, 0) is 36.1 Å². The van der Waals surface area contributed by atoms with Crippen LogP contribution >= 0.6 is 11.3 Å². The van der Waals surface area contributed by atoms with E-state index in [-0.39, 0.29) is 11.7 Å². The molecule has 2 rings (SSSR count). The van der Waals surface area contributed by atoms with E-state index in [2.05, 4.69) is 0 Å². The molecule has 0 unspecified atom stereocenters. The minimum absolute atomic E-state index is 0.0259. The number of nitro benzene ring substituents is 1. The molecule has 0 amide bonds. The number of non-ortho nitro benzene ring substituents is 1. The van der Waals surface area contributed by atoms with Gasteiger partial charge in [0.15, 0.2) is 0 Å². The molecule has 0 radical (unpaired) electrons. The molecule has 98 valence electrons. The second kappa shape index (κ2) is 5.62. The average Bonchev–Trinajstić information content (AvgIpc) is 2.88. The van der Waals surface area contributed by atoms with E-state index < -0.39 is 4.92 Å². The molecule has 1 aromatic carbocycles. The molecule has 1 aromatic heterocycles. The zero-order chi connectivity index (χ0) is 13.8. The summed E-state index contributed by atoms with van der Waals surface area (Å²) in [4.78, 5) is 22.6. The second-order valence-electron chi connectivity index (χ2n) is 3.69. The van der Waals surface area contributed by atoms with Crippen molar-refractivity contribution in [2.45, 2.75) is 6.92 Å². The van der Waals surface area contributed by atoms with Gasteiger partial charge in [0.05, 0.1) is 17.1 Å². The monoisotopic (exact) mass is 277 g/mol. The van der Waals surface area contributed by atoms with Gasteiger partial charge in [0, 0.05) is 17.0 Å². The Labute approximate surface area is 113 Å². The van der Waals surface area contributed by atoms with Crippen molar-refractivity contribution in [3.63, 3.8) is 0 Å². The lowest BCUT2D eigenvalue weighted by molar-refractivity contribution is -0.384. The minimum atomic E-state index is -0.454. The van der Waals surface area contributed by atoms with Gasteiger partial charge in [0.25, 0.3) is 5.69 Å². The Hall–Kier alpha value is -2.21. The maximum absolute atomic E-state index is 11.8. The van der Waals surface area contributed by atoms with Crippen LogP contribution in [0.5, 0.6) is 0 Å². The lowest BCUT2D eigenvalue weighted by Gasteiger charge is -2.03. The molecule has 19 heavy (non-hydrogen) atoms. The number of thiophene rings is 1. The Bertz CT molecular complexity index is 603. The molecule has 0 aliphatic rings. The molecule has 6 heteroatoms. The summed E-state index contributed by atoms with van der Waals surface area (Å²) in [6.45, 7) is 2.06. The number of ether oxygens (including phenoxy) is 1. The van der Waals surface area contributed by atoms with E-state index in [0.717, 1.165) is 10.4 Å². The molecule has 0 aliphatic carbocycles. The number of rotatable bonds is 4. The molecule has 5 nitrogen and oxygen atoms in total. The molecule has 0 aliphatic heterocycles. The number of hydrogen-bond acceptors (Lipinski definition) is 5. The van der Waals surface area contributed by atoms with E-state index in [1.807, 2.05) is 0 Å². The molecular formula is C13H11NO4S. The Morgan fingerprint density at radius 3 is 2.58 bits per heavy atom. The minimum Gasteiger partial charge on any atom is -0.462 e. The molecule has 0 saturated heterocycles. The van der Waals surface area contributed by atoms with Crippen molar-refractivity contribution in [1.82, 2.24) is 0 Å². The summed E-state index contributed by atoms with van der Waals surface area (Å²) in [6.07, 6.45) is 0. The molecule has 2 aromatic rings. The van der Waals surface area contributed by atoms with Crippen LogP contribution in [0.15, 0.2) is 35.7 Å². The SMILES string of the molecule is CCOC(=O)c1ccsc1-c1ccc([N+](=O)[O-])cc1. The van der Waals surface area contributed by atoms with Crippen molar-refractivity contribution in [2.75, 3.05) is 6.61 Å². The topological polar surface area (TPSA) is 69.4 Å². The third-order valence-corrected chi connectivity index (χ3v) is 3.46. The van der Waals surface area contributed by atoms with Crippen LogP contribution < -0.4 is 0 Å². The van der Waals surface area contributed by atoms with Gasteiger partial charge in [-0.2, -0.15) is 0 Å². The average molecular weight is 277 g/mol. The van der Waals surface area contributed by atoms with Gasteiger partial charge in [0.2, 0.25) is 0 Å². The van der Waals surface area contributed by atoms with Crippen molar-refractivity contribution in [2.24, 2.45) is 0 Å². The summed E-state index contributed by atoms with van der Waals surface area (Å²) >= 11 is 1.40. The summed E-state index contributed by atoms with van der Waals surface area (Å²) in [5, 5.41) is 12.4. The van der Waals surface area contributed by atoms with Crippen LogP contribution in [0, 0.1) is 10.1 Å². The standard InChI is InChI=1S/C13H11NO4S/c1-2-18-13(15)11-7-8-19-12(11)9-3-5-10(6-4-9)14(16)17/h3-8H,2H2,1H3. The highest BCUT2D eigenvalue weighted by atomic mass is 32.1. The van der Waals surface area contributed by atoms with Crippen molar-refractivity contribution in [1.29, 1.82) is 0 Å². The Balaban J connectivity index is 2.34. The second-order valence-corrected chi connectivity index (χ2v) is 4.60. The number of benzene rings is 1. The predicted octanol–water partition coefficient (Wildman–Crippen LogP) is 3.50. The van der Waals surface area contributed by atoms with E-state index >= 15 is 0 Å². The highest BCUT2D eigenvalue weighted by Crippen LogP contribution is 2.31. The number of nitrogens with zero attached hydrogens (tertiary/aromatic N) is 1. The highest BCUT2D eigenvalue weighted by molar-refractivity contribution is 7.14. The molecule has 0 N–H and O–H groups in total. The van der Waals surface area contributed by atoms with Gasteiger partial charge in [-0.1, -0.05) is 0 Å². The number of hydrogen-bond donors (Lipinski definition) is 0. The first-order valence-corrected chi connectivity index (χ1v) is 6.51. The zero-order valence-corrected chi connectivity index (χ0v) is 11.0. The largest absolute Gasteiger partial charge is 0.462 e. The maximum atomic E-state index is 11.8. The van der Waals surface area contributed by atoms with Crippen LogP contribution in [0.25, 0.3) is 10.4 Å². The molecule has 0 atom stereocenters. The lowest BCUT2D eigenvalue weighted by Crippen LogP contribution is -2.04. The molecule has 0 bridgehead atoms. The van der Waals surface area contributed by atoms with Gasteiger partial charge in [-0.25, -0.2) is 4.79 Å². The van der Waals surface area contributed by atoms with Gasteiger partial charge in [-0.3, -0.25) is 10.1 Å². The fourth-order valence-electron chi connectivity index (χ4n) is 1.64. The summed E-state index contributed by atoms with van der Waals surface area (Å²) < 4.78 is 4.97. The van der Waals surface area contributed by atoms with E-state index in [0.29, 0.717) is 12.2 Å². The first-order chi connectivity index (χ1) is 9.13. The van der Waals surface area contributed by atoms with E-state index in [1.54, 1.807) is 30.5 Å². The molecular weight excluding hydrogens is 266 g/mol. The summed E-state index contributed by atoms with van der Waals surface area (Å²) in [5.74, 6) is -0.378. The van der Waals surface area contributed by atoms with Crippen LogP contribution in [-0.2, 0) is 4.74 Å². The normalized spacial score (nSPS) is 10.2. The number of esters is 1. The Morgan fingerprint density at radius 2 is 2.00 bits per heavy atom. The highest BCUT2D eigenvalue weighted by Gasteiger charge is 2.16. The van der Waals surface area contributed by atoms with E-state index in [4.69, 9.17) is 4.74 Å². The Kier molecular flexibility index (Phi) is 3.91. The van der Waals surface area contributed by atoms with Crippen molar-refractivity contribution in [3.05, 3.63) is 51.4 Å². The van der Waals surface area contributed by atoms with Crippen LogP contribution in [0.3, 0.4) is 0 Å². The Morgan fingerprint density at radius 1 is 1.32 bits per heavy atom. The smallest absolute Gasteiger partial charge is 0.339 e. The third-order valence-electron chi connectivity index (χ3n) is 2.50. The van der Waals surface area contributed by atoms with Gasteiger partial charge < -0.3 is 4.74 Å². The summed E-state index contributed by atoms with van der Waals surface area (Å²) in [5.41, 5.74) is 1.28. The zero-order valence-electron chi connectivity index (χ0n) is 10.2. The fourth-order valence-corrected chi connectivity index (χ4v) is 2.53. The summed E-state index contributed by atoms with van der Waals surface area (Å²) in [7, 11) is 0. The molecule has 0 fully saturated rings. The number of carbonyl (C=O) groups excluding carboxylic acids is 1. The van der Waals surface area contributed by atoms with Gasteiger partial charge in [0.1, 0.15) is 0 Å². The van der Waals surface area contributed by atoms with Crippen molar-refractivity contribution >= 4 is 23.0 Å². The molecule has 0 spiro atoms. The van der Waals surface area contributed by atoms with Crippen LogP contribution in [0.4, 0.5) is 5.69 Å². The van der Waals surface area contributed by atoms with Gasteiger partial charge >= 0.3 is 5.97 Å². The van der Waals surface area contributed by atoms with Gasteiger partial charge in [-0.15, -0.1) is 11.3 Å². The number of nitro groups is 1.